The first-order valence-corrected chi connectivity index (χ1v) is 7.33. The van der Waals surface area contributed by atoms with Crippen molar-refractivity contribution in [2.24, 2.45) is 11.7 Å². The van der Waals surface area contributed by atoms with Gasteiger partial charge in [0, 0.05) is 18.5 Å². The monoisotopic (exact) mass is 297 g/mol. The number of hydrogen-bond donors (Lipinski definition) is 3. The lowest BCUT2D eigenvalue weighted by molar-refractivity contribution is -0.138. The molecule has 0 aromatic rings. The predicted octanol–water partition coefficient (Wildman–Crippen LogP) is 0.678. The number of rotatable bonds is 4. The number of primary amides is 1. The number of piperidine rings is 1. The minimum Gasteiger partial charge on any atom is -0.481 e. The summed E-state index contributed by atoms with van der Waals surface area (Å²) in [6.07, 6.45) is 3.38. The Kier molecular flexibility index (Phi) is 4.11. The molecule has 2 fully saturated rings. The van der Waals surface area contributed by atoms with Gasteiger partial charge in [-0.05, 0) is 45.4 Å². The summed E-state index contributed by atoms with van der Waals surface area (Å²) in [5, 5.41) is 11.6. The Bertz CT molecular complexity index is 449. The molecule has 21 heavy (non-hydrogen) atoms. The smallest absolute Gasteiger partial charge is 0.318 e. The van der Waals surface area contributed by atoms with Crippen LogP contribution in [0.5, 0.6) is 0 Å². The largest absolute Gasteiger partial charge is 0.481 e. The van der Waals surface area contributed by atoms with E-state index in [9.17, 15) is 14.4 Å². The first-order valence-electron chi connectivity index (χ1n) is 7.33. The maximum absolute atomic E-state index is 12.4. The van der Waals surface area contributed by atoms with E-state index < -0.39 is 17.4 Å². The lowest BCUT2D eigenvalue weighted by Gasteiger charge is -2.40. The van der Waals surface area contributed by atoms with E-state index in [4.69, 9.17) is 10.8 Å². The molecule has 7 nitrogen and oxygen atoms in total. The average molecular weight is 297 g/mol. The van der Waals surface area contributed by atoms with Crippen molar-refractivity contribution in [3.05, 3.63) is 0 Å². The summed E-state index contributed by atoms with van der Waals surface area (Å²) in [6.45, 7) is 3.15. The Labute approximate surface area is 123 Å². The Morgan fingerprint density at radius 3 is 2.19 bits per heavy atom. The average Bonchev–Trinajstić information content (AvgIpc) is 2.60. The van der Waals surface area contributed by atoms with Crippen LogP contribution in [0.2, 0.25) is 0 Å². The predicted molar refractivity (Wildman–Crippen MR) is 75.4 cm³/mol. The molecule has 0 spiro atoms. The van der Waals surface area contributed by atoms with Gasteiger partial charge in [0.15, 0.2) is 0 Å². The van der Waals surface area contributed by atoms with E-state index in [1.165, 1.54) is 0 Å². The number of nitrogens with zero attached hydrogens (tertiary/aromatic N) is 1. The number of carbonyl (C=O) groups excluding carboxylic acids is 2. The number of nitrogens with two attached hydrogens (primary N) is 1. The topological polar surface area (TPSA) is 113 Å². The maximum atomic E-state index is 12.4. The van der Waals surface area contributed by atoms with E-state index in [2.05, 4.69) is 5.32 Å². The number of urea groups is 1. The fourth-order valence-electron chi connectivity index (χ4n) is 3.43. The molecule has 2 aliphatic rings. The number of aliphatic carboxylic acids is 1. The highest BCUT2D eigenvalue weighted by molar-refractivity contribution is 5.89. The van der Waals surface area contributed by atoms with Gasteiger partial charge < -0.3 is 21.1 Å². The second kappa shape index (κ2) is 5.54. The normalized spacial score (nSPS) is 28.3. The Balaban J connectivity index is 2.01. The molecule has 2 unspecified atom stereocenters. The number of fused-ring (bicyclic) bond motifs is 2. The summed E-state index contributed by atoms with van der Waals surface area (Å²) in [5.41, 5.74) is 4.18. The van der Waals surface area contributed by atoms with E-state index in [0.717, 1.165) is 12.8 Å². The van der Waals surface area contributed by atoms with Crippen molar-refractivity contribution < 1.29 is 19.5 Å². The standard InChI is InChI=1S/C14H23N3O4/c1-14(2,12(15)20)16-13(21)17-9-3-4-10(17)6-8(5-9)7-11(18)19/h8-10H,3-7H2,1-2H3,(H2,15,20)(H,16,21)(H,18,19). The molecule has 2 rings (SSSR count). The van der Waals surface area contributed by atoms with Crippen LogP contribution in [0.1, 0.15) is 46.0 Å². The van der Waals surface area contributed by atoms with Crippen LogP contribution in [0.25, 0.3) is 0 Å². The highest BCUT2D eigenvalue weighted by atomic mass is 16.4. The fraction of sp³-hybridized carbons (Fsp3) is 0.786. The lowest BCUT2D eigenvalue weighted by atomic mass is 9.88. The Hall–Kier alpha value is -1.79. The summed E-state index contributed by atoms with van der Waals surface area (Å²) in [7, 11) is 0. The van der Waals surface area contributed by atoms with E-state index in [1.54, 1.807) is 18.7 Å². The van der Waals surface area contributed by atoms with Crippen molar-refractivity contribution >= 4 is 17.9 Å². The Morgan fingerprint density at radius 1 is 1.24 bits per heavy atom. The van der Waals surface area contributed by atoms with Crippen molar-refractivity contribution in [1.82, 2.24) is 10.2 Å². The van der Waals surface area contributed by atoms with Crippen LogP contribution in [-0.4, -0.2) is 45.5 Å². The SMILES string of the molecule is CC(C)(NC(=O)N1C2CCC1CC(CC(=O)O)C2)C(N)=O. The fourth-order valence-corrected chi connectivity index (χ4v) is 3.43. The summed E-state index contributed by atoms with van der Waals surface area (Å²) in [6, 6.07) is -0.145. The first-order chi connectivity index (χ1) is 9.70. The second-order valence-electron chi connectivity index (χ2n) is 6.65. The number of nitrogens with one attached hydrogen (secondary N) is 1. The minimum absolute atomic E-state index is 0.0665. The number of carboxylic acids is 1. The molecule has 3 amide bonds. The molecule has 4 N–H and O–H groups in total. The van der Waals surface area contributed by atoms with E-state index in [1.807, 2.05) is 0 Å². The summed E-state index contributed by atoms with van der Waals surface area (Å²) in [5.74, 6) is -1.23. The third kappa shape index (κ3) is 3.28. The third-order valence-electron chi connectivity index (χ3n) is 4.56. The van der Waals surface area contributed by atoms with Gasteiger partial charge in [-0.2, -0.15) is 0 Å². The zero-order valence-corrected chi connectivity index (χ0v) is 12.5. The molecule has 7 heteroatoms. The summed E-state index contributed by atoms with van der Waals surface area (Å²) >= 11 is 0. The Morgan fingerprint density at radius 2 is 1.76 bits per heavy atom. The lowest BCUT2D eigenvalue weighted by Crippen LogP contribution is -2.59. The van der Waals surface area contributed by atoms with Gasteiger partial charge in [0.2, 0.25) is 5.91 Å². The number of hydrogen-bond acceptors (Lipinski definition) is 3. The molecule has 2 heterocycles. The zero-order valence-electron chi connectivity index (χ0n) is 12.5. The van der Waals surface area contributed by atoms with Crippen LogP contribution in [0.4, 0.5) is 4.79 Å². The van der Waals surface area contributed by atoms with Crippen LogP contribution in [0.3, 0.4) is 0 Å². The van der Waals surface area contributed by atoms with E-state index >= 15 is 0 Å². The summed E-state index contributed by atoms with van der Waals surface area (Å²) in [4.78, 5) is 36.3. The van der Waals surface area contributed by atoms with Gasteiger partial charge >= 0.3 is 12.0 Å². The number of carboxylic acid groups (broad SMARTS) is 1. The molecule has 2 aliphatic heterocycles. The van der Waals surface area contributed by atoms with Crippen molar-refractivity contribution in [3.8, 4) is 0 Å². The third-order valence-corrected chi connectivity index (χ3v) is 4.56. The van der Waals surface area contributed by atoms with Crippen molar-refractivity contribution in [3.63, 3.8) is 0 Å². The molecule has 118 valence electrons. The highest BCUT2D eigenvalue weighted by Gasteiger charge is 2.44. The van der Waals surface area contributed by atoms with Crippen LogP contribution >= 0.6 is 0 Å². The molecular formula is C14H23N3O4. The van der Waals surface area contributed by atoms with Gasteiger partial charge in [-0.25, -0.2) is 4.79 Å². The van der Waals surface area contributed by atoms with Gasteiger partial charge in [-0.15, -0.1) is 0 Å². The van der Waals surface area contributed by atoms with Crippen LogP contribution in [-0.2, 0) is 9.59 Å². The van der Waals surface area contributed by atoms with Crippen LogP contribution in [0, 0.1) is 5.92 Å². The summed E-state index contributed by atoms with van der Waals surface area (Å²) < 4.78 is 0. The van der Waals surface area contributed by atoms with Crippen LogP contribution < -0.4 is 11.1 Å². The molecule has 0 aromatic carbocycles. The van der Waals surface area contributed by atoms with E-state index in [0.29, 0.717) is 12.8 Å². The molecular weight excluding hydrogens is 274 g/mol. The van der Waals surface area contributed by atoms with Gasteiger partial charge in [0.1, 0.15) is 5.54 Å². The first kappa shape index (κ1) is 15.6. The van der Waals surface area contributed by atoms with Gasteiger partial charge in [0.25, 0.3) is 0 Å². The molecule has 2 saturated heterocycles. The molecule has 0 radical (unpaired) electrons. The highest BCUT2D eigenvalue weighted by Crippen LogP contribution is 2.40. The van der Waals surface area contributed by atoms with Crippen molar-refractivity contribution in [2.45, 2.75) is 63.6 Å². The number of amides is 3. The maximum Gasteiger partial charge on any atom is 0.318 e. The second-order valence-corrected chi connectivity index (χ2v) is 6.65. The van der Waals surface area contributed by atoms with Gasteiger partial charge in [0.05, 0.1) is 0 Å². The van der Waals surface area contributed by atoms with Crippen LogP contribution in [0.15, 0.2) is 0 Å². The van der Waals surface area contributed by atoms with E-state index in [-0.39, 0.29) is 30.5 Å². The van der Waals surface area contributed by atoms with Crippen molar-refractivity contribution in [2.75, 3.05) is 0 Å². The molecule has 2 atom stereocenters. The van der Waals surface area contributed by atoms with Gasteiger partial charge in [-0.1, -0.05) is 0 Å². The minimum atomic E-state index is -1.09. The molecule has 0 saturated carbocycles. The zero-order chi connectivity index (χ0) is 15.8. The van der Waals surface area contributed by atoms with Crippen molar-refractivity contribution in [1.29, 1.82) is 0 Å². The molecule has 0 aromatic heterocycles. The molecule has 0 aliphatic carbocycles. The number of carbonyl (C=O) groups is 3. The molecule has 2 bridgehead atoms. The van der Waals surface area contributed by atoms with Gasteiger partial charge in [-0.3, -0.25) is 9.59 Å². The quantitative estimate of drug-likeness (QED) is 0.708.